The van der Waals surface area contributed by atoms with Gasteiger partial charge in [-0.2, -0.15) is 0 Å². The minimum Gasteiger partial charge on any atom is -0.366 e. The number of amides is 2. The number of fused-ring (bicyclic) bond motifs is 1. The second kappa shape index (κ2) is 11.8. The fourth-order valence-corrected chi connectivity index (χ4v) is 7.50. The number of rotatable bonds is 8. The van der Waals surface area contributed by atoms with Gasteiger partial charge in [-0.15, -0.1) is 0 Å². The van der Waals surface area contributed by atoms with Crippen molar-refractivity contribution in [3.63, 3.8) is 0 Å². The third kappa shape index (κ3) is 5.27. The molecule has 208 valence electrons. The summed E-state index contributed by atoms with van der Waals surface area (Å²) in [6.45, 7) is 5.97. The van der Waals surface area contributed by atoms with Gasteiger partial charge in [-0.05, 0) is 87.8 Å². The summed E-state index contributed by atoms with van der Waals surface area (Å²) in [6.07, 6.45) is 8.18. The first-order chi connectivity index (χ1) is 18.4. The van der Waals surface area contributed by atoms with Crippen molar-refractivity contribution in [2.75, 3.05) is 39.8 Å². The number of carbonyl (C=O) groups excluding carboxylic acids is 3. The summed E-state index contributed by atoms with van der Waals surface area (Å²) in [4.78, 5) is 44.3. The SMILES string of the molecule is CCCN1CCC(c2ccc(C(N)=O)c([C@@H](C(=O)N3C[C@H](NC)[C@H]4OCC(=O)[C@H]43)C3CCCCC3)c2)CC1. The monoisotopic (exact) mass is 524 g/mol. The van der Waals surface area contributed by atoms with Gasteiger partial charge in [0.1, 0.15) is 18.8 Å². The van der Waals surface area contributed by atoms with Gasteiger partial charge in [0.2, 0.25) is 11.8 Å². The highest BCUT2D eigenvalue weighted by molar-refractivity contribution is 5.99. The van der Waals surface area contributed by atoms with Crippen LogP contribution in [0.3, 0.4) is 0 Å². The quantitative estimate of drug-likeness (QED) is 0.542. The summed E-state index contributed by atoms with van der Waals surface area (Å²) in [5.74, 6) is -0.540. The van der Waals surface area contributed by atoms with Crippen LogP contribution in [0.15, 0.2) is 18.2 Å². The van der Waals surface area contributed by atoms with E-state index < -0.39 is 17.9 Å². The molecule has 4 aliphatic rings. The number of nitrogens with zero attached hydrogens (tertiary/aromatic N) is 2. The molecule has 2 amide bonds. The van der Waals surface area contributed by atoms with Crippen molar-refractivity contribution in [1.29, 1.82) is 0 Å². The summed E-state index contributed by atoms with van der Waals surface area (Å²) in [5.41, 5.74) is 8.31. The fourth-order valence-electron chi connectivity index (χ4n) is 7.50. The van der Waals surface area contributed by atoms with Gasteiger partial charge in [-0.3, -0.25) is 14.4 Å². The van der Waals surface area contributed by atoms with Crippen molar-refractivity contribution in [1.82, 2.24) is 15.1 Å². The van der Waals surface area contributed by atoms with Gasteiger partial charge in [0.25, 0.3) is 0 Å². The number of likely N-dealkylation sites (N-methyl/N-ethyl adjacent to an activating group) is 1. The molecule has 38 heavy (non-hydrogen) atoms. The van der Waals surface area contributed by atoms with E-state index >= 15 is 0 Å². The minimum atomic E-state index is -0.561. The number of hydrogen-bond donors (Lipinski definition) is 2. The first-order valence-corrected chi connectivity index (χ1v) is 14.7. The maximum absolute atomic E-state index is 14.5. The third-order valence-corrected chi connectivity index (χ3v) is 9.50. The Morgan fingerprint density at radius 2 is 1.87 bits per heavy atom. The van der Waals surface area contributed by atoms with Crippen LogP contribution in [0.25, 0.3) is 0 Å². The Balaban J connectivity index is 1.50. The van der Waals surface area contributed by atoms with Crippen LogP contribution in [0.4, 0.5) is 0 Å². The molecule has 0 radical (unpaired) electrons. The lowest BCUT2D eigenvalue weighted by Crippen LogP contribution is -2.46. The first-order valence-electron chi connectivity index (χ1n) is 14.7. The summed E-state index contributed by atoms with van der Waals surface area (Å²) in [5, 5.41) is 3.24. The molecule has 3 heterocycles. The predicted octanol–water partition coefficient (Wildman–Crippen LogP) is 2.81. The van der Waals surface area contributed by atoms with Crippen molar-refractivity contribution in [2.24, 2.45) is 11.7 Å². The zero-order valence-electron chi connectivity index (χ0n) is 23.0. The molecule has 1 aliphatic carbocycles. The van der Waals surface area contributed by atoms with Crippen molar-refractivity contribution >= 4 is 17.6 Å². The zero-order valence-corrected chi connectivity index (χ0v) is 23.0. The Morgan fingerprint density at radius 1 is 1.13 bits per heavy atom. The van der Waals surface area contributed by atoms with Gasteiger partial charge in [0, 0.05) is 12.1 Å². The zero-order chi connectivity index (χ0) is 26.8. The minimum absolute atomic E-state index is 0.0359. The molecule has 4 fully saturated rings. The second-order valence-corrected chi connectivity index (χ2v) is 11.8. The number of primary amides is 1. The number of ether oxygens (including phenoxy) is 1. The Bertz CT molecular complexity index is 1030. The number of likely N-dealkylation sites (tertiary alicyclic amines) is 2. The highest BCUT2D eigenvalue weighted by atomic mass is 16.5. The molecule has 3 aliphatic heterocycles. The normalized spacial score (nSPS) is 28.0. The summed E-state index contributed by atoms with van der Waals surface area (Å²) >= 11 is 0. The Morgan fingerprint density at radius 3 is 2.53 bits per heavy atom. The number of piperidine rings is 1. The predicted molar refractivity (Wildman–Crippen MR) is 146 cm³/mol. The fraction of sp³-hybridized carbons (Fsp3) is 0.700. The number of Topliss-reactive ketones (excluding diaryl/α,β-unsaturated/α-hetero) is 1. The molecule has 0 spiro atoms. The number of ketones is 1. The lowest BCUT2D eigenvalue weighted by molar-refractivity contribution is -0.139. The number of hydrogen-bond acceptors (Lipinski definition) is 6. The highest BCUT2D eigenvalue weighted by Gasteiger charge is 2.53. The van der Waals surface area contributed by atoms with Crippen LogP contribution in [0.5, 0.6) is 0 Å². The summed E-state index contributed by atoms with van der Waals surface area (Å²) < 4.78 is 5.81. The van der Waals surface area contributed by atoms with Gasteiger partial charge < -0.3 is 25.6 Å². The van der Waals surface area contributed by atoms with Crippen LogP contribution in [0.1, 0.15) is 91.6 Å². The lowest BCUT2D eigenvalue weighted by atomic mass is 9.73. The van der Waals surface area contributed by atoms with E-state index in [0.717, 1.165) is 70.1 Å². The number of benzene rings is 1. The third-order valence-electron chi connectivity index (χ3n) is 9.50. The molecule has 3 N–H and O–H groups in total. The van der Waals surface area contributed by atoms with Gasteiger partial charge in [-0.1, -0.05) is 38.3 Å². The maximum Gasteiger partial charge on any atom is 0.249 e. The smallest absolute Gasteiger partial charge is 0.249 e. The van der Waals surface area contributed by atoms with Crippen molar-refractivity contribution in [3.8, 4) is 0 Å². The molecule has 5 rings (SSSR count). The number of carbonyl (C=O) groups is 3. The molecular formula is C30H44N4O4. The second-order valence-electron chi connectivity index (χ2n) is 11.8. The van der Waals surface area contributed by atoms with Crippen molar-refractivity contribution in [3.05, 3.63) is 34.9 Å². The molecule has 0 bridgehead atoms. The van der Waals surface area contributed by atoms with Gasteiger partial charge in [-0.25, -0.2) is 0 Å². The summed E-state index contributed by atoms with van der Waals surface area (Å²) in [6, 6.07) is 5.37. The topological polar surface area (TPSA) is 105 Å². The molecule has 1 aromatic rings. The molecule has 3 saturated heterocycles. The van der Waals surface area contributed by atoms with Crippen molar-refractivity contribution < 1.29 is 19.1 Å². The highest BCUT2D eigenvalue weighted by Crippen LogP contribution is 2.42. The first kappa shape index (κ1) is 27.3. The van der Waals surface area contributed by atoms with E-state index in [1.54, 1.807) is 4.90 Å². The number of nitrogens with two attached hydrogens (primary N) is 1. The van der Waals surface area contributed by atoms with Crippen molar-refractivity contribution in [2.45, 2.75) is 88.3 Å². The van der Waals surface area contributed by atoms with Crippen LogP contribution in [0.2, 0.25) is 0 Å². The van der Waals surface area contributed by atoms with Gasteiger partial charge in [0.05, 0.1) is 12.0 Å². The molecule has 1 saturated carbocycles. The Labute approximate surface area is 226 Å². The largest absolute Gasteiger partial charge is 0.366 e. The molecule has 8 heteroatoms. The molecule has 0 aromatic heterocycles. The Kier molecular flexibility index (Phi) is 8.50. The van der Waals surface area contributed by atoms with E-state index in [1.807, 2.05) is 19.2 Å². The van der Waals surface area contributed by atoms with E-state index in [-0.39, 0.29) is 36.4 Å². The van der Waals surface area contributed by atoms with Crippen LogP contribution >= 0.6 is 0 Å². The number of nitrogens with one attached hydrogen (secondary N) is 1. The average Bonchev–Trinajstić information content (AvgIpc) is 3.50. The van der Waals surface area contributed by atoms with E-state index in [9.17, 15) is 14.4 Å². The lowest BCUT2D eigenvalue weighted by Gasteiger charge is -2.36. The standard InChI is InChI=1S/C30H44N4O4/c1-3-13-33-14-11-19(12-15-33)21-9-10-22(29(31)36)23(16-21)26(20-7-5-4-6-8-20)30(37)34-17-24(32-2)28-27(34)25(35)18-38-28/h9-10,16,19-20,24,26-28,32H,3-8,11-15,17-18H2,1-2H3,(H2,31,36)/t24-,26-,27+,28+/m0/s1. The van der Waals surface area contributed by atoms with E-state index in [4.69, 9.17) is 10.5 Å². The van der Waals surface area contributed by atoms with Crippen LogP contribution < -0.4 is 11.1 Å². The van der Waals surface area contributed by atoms with Crippen LogP contribution in [-0.2, 0) is 14.3 Å². The average molecular weight is 525 g/mol. The van der Waals surface area contributed by atoms with Gasteiger partial charge in [0.15, 0.2) is 5.78 Å². The Hall–Kier alpha value is -2.29. The summed E-state index contributed by atoms with van der Waals surface area (Å²) in [7, 11) is 1.85. The molecular weight excluding hydrogens is 480 g/mol. The van der Waals surface area contributed by atoms with E-state index in [0.29, 0.717) is 18.0 Å². The molecule has 1 aromatic carbocycles. The maximum atomic E-state index is 14.5. The molecule has 4 atom stereocenters. The van der Waals surface area contributed by atoms with E-state index in [1.165, 1.54) is 12.0 Å². The molecule has 0 unspecified atom stereocenters. The van der Waals surface area contributed by atoms with Crippen LogP contribution in [-0.4, -0.2) is 85.4 Å². The van der Waals surface area contributed by atoms with E-state index in [2.05, 4.69) is 23.2 Å². The van der Waals surface area contributed by atoms with Gasteiger partial charge >= 0.3 is 0 Å². The van der Waals surface area contributed by atoms with Crippen LogP contribution in [0, 0.1) is 5.92 Å². The molecule has 8 nitrogen and oxygen atoms in total.